The van der Waals surface area contributed by atoms with Gasteiger partial charge in [-0.3, -0.25) is 9.59 Å². The van der Waals surface area contributed by atoms with Crippen LogP contribution in [0.25, 0.3) is 0 Å². The third kappa shape index (κ3) is 5.36. The van der Waals surface area contributed by atoms with Gasteiger partial charge in [-0.15, -0.1) is 0 Å². The molecule has 2 aromatic rings. The van der Waals surface area contributed by atoms with Crippen molar-refractivity contribution in [2.24, 2.45) is 0 Å². The first-order valence-corrected chi connectivity index (χ1v) is 10.1. The molecule has 1 aliphatic rings. The normalized spacial score (nSPS) is 16.3. The van der Waals surface area contributed by atoms with E-state index in [-0.39, 0.29) is 30.7 Å². The molecule has 1 aromatic carbocycles. The maximum atomic E-state index is 13.2. The van der Waals surface area contributed by atoms with Gasteiger partial charge < -0.3 is 24.1 Å². The fraction of sp³-hybridized carbons (Fsp3) is 0.364. The molecule has 30 heavy (non-hydrogen) atoms. The van der Waals surface area contributed by atoms with Crippen LogP contribution in [0.4, 0.5) is 0 Å². The molecule has 0 spiro atoms. The van der Waals surface area contributed by atoms with Crippen LogP contribution in [-0.4, -0.2) is 43.0 Å². The van der Waals surface area contributed by atoms with Crippen LogP contribution in [0.1, 0.15) is 35.4 Å². The molecule has 0 unspecified atom stereocenters. The summed E-state index contributed by atoms with van der Waals surface area (Å²) in [5.41, 5.74) is 0.780. The second kappa shape index (κ2) is 10.2. The maximum absolute atomic E-state index is 13.2. The molecular formula is C22H25ClN2O5. The van der Waals surface area contributed by atoms with E-state index in [0.29, 0.717) is 29.5 Å². The lowest BCUT2D eigenvalue weighted by Crippen LogP contribution is -2.48. The minimum absolute atomic E-state index is 0.126. The zero-order valence-electron chi connectivity index (χ0n) is 16.9. The molecule has 0 bridgehead atoms. The van der Waals surface area contributed by atoms with Gasteiger partial charge in [0.05, 0.1) is 13.4 Å². The molecule has 8 heteroatoms. The molecule has 1 aromatic heterocycles. The summed E-state index contributed by atoms with van der Waals surface area (Å²) >= 11 is 5.81. The number of carbonyl (C=O) groups excluding carboxylic acids is 2. The van der Waals surface area contributed by atoms with Gasteiger partial charge >= 0.3 is 0 Å². The molecule has 160 valence electrons. The van der Waals surface area contributed by atoms with Crippen molar-refractivity contribution in [2.75, 3.05) is 20.3 Å². The smallest absolute Gasteiger partial charge is 0.290 e. The van der Waals surface area contributed by atoms with Crippen molar-refractivity contribution < 1.29 is 23.5 Å². The van der Waals surface area contributed by atoms with Crippen molar-refractivity contribution in [1.29, 1.82) is 0 Å². The lowest BCUT2D eigenvalue weighted by Gasteiger charge is -2.29. The molecule has 0 aliphatic carbocycles. The molecule has 1 saturated heterocycles. The second-order valence-electron chi connectivity index (χ2n) is 7.00. The number of rotatable bonds is 8. The van der Waals surface area contributed by atoms with E-state index < -0.39 is 6.04 Å². The Hall–Kier alpha value is -2.93. The summed E-state index contributed by atoms with van der Waals surface area (Å²) < 4.78 is 16.3. The molecule has 0 saturated carbocycles. The lowest BCUT2D eigenvalue weighted by atomic mass is 10.1. The van der Waals surface area contributed by atoms with Gasteiger partial charge in [0, 0.05) is 18.1 Å². The van der Waals surface area contributed by atoms with Crippen molar-refractivity contribution >= 4 is 23.4 Å². The number of nitrogens with zero attached hydrogens (tertiary/aromatic N) is 1. The van der Waals surface area contributed by atoms with Gasteiger partial charge in [0.2, 0.25) is 5.91 Å². The highest BCUT2D eigenvalue weighted by atomic mass is 35.5. The van der Waals surface area contributed by atoms with Crippen molar-refractivity contribution in [3.05, 3.63) is 59.5 Å². The maximum Gasteiger partial charge on any atom is 0.290 e. The fourth-order valence-electron chi connectivity index (χ4n) is 3.37. The van der Waals surface area contributed by atoms with Crippen LogP contribution < -0.4 is 14.8 Å². The first-order chi connectivity index (χ1) is 14.5. The number of amides is 2. The molecule has 1 N–H and O–H groups in total. The van der Waals surface area contributed by atoms with Gasteiger partial charge in [0.25, 0.3) is 5.91 Å². The van der Waals surface area contributed by atoms with E-state index >= 15 is 0 Å². The van der Waals surface area contributed by atoms with E-state index in [1.165, 1.54) is 6.26 Å². The summed E-state index contributed by atoms with van der Waals surface area (Å²) in [7, 11) is 1.54. The SMILES string of the molecule is C=C(Cl)COc1cc(CN(C(=O)c2ccco2)[C@H]2CCCCNC2=O)ccc1OC. The van der Waals surface area contributed by atoms with Gasteiger partial charge in [-0.1, -0.05) is 24.2 Å². The summed E-state index contributed by atoms with van der Waals surface area (Å²) in [5, 5.41) is 3.24. The largest absolute Gasteiger partial charge is 0.493 e. The van der Waals surface area contributed by atoms with E-state index in [2.05, 4.69) is 11.9 Å². The van der Waals surface area contributed by atoms with Crippen molar-refractivity contribution in [2.45, 2.75) is 31.8 Å². The third-order valence-corrected chi connectivity index (χ3v) is 4.95. The number of methoxy groups -OCH3 is 1. The topological polar surface area (TPSA) is 81.0 Å². The van der Waals surface area contributed by atoms with Gasteiger partial charge in [-0.25, -0.2) is 0 Å². The Bertz CT molecular complexity index is 897. The minimum Gasteiger partial charge on any atom is -0.493 e. The van der Waals surface area contributed by atoms with Crippen LogP contribution in [-0.2, 0) is 11.3 Å². The first-order valence-electron chi connectivity index (χ1n) is 9.74. The summed E-state index contributed by atoms with van der Waals surface area (Å²) in [6, 6.07) is 8.02. The number of ether oxygens (including phenoxy) is 2. The molecule has 2 amide bonds. The Kier molecular flexibility index (Phi) is 7.41. The monoisotopic (exact) mass is 432 g/mol. The molecule has 1 atom stereocenters. The number of carbonyl (C=O) groups is 2. The van der Waals surface area contributed by atoms with E-state index in [1.54, 1.807) is 36.3 Å². The number of hydrogen-bond acceptors (Lipinski definition) is 5. The second-order valence-corrected chi connectivity index (χ2v) is 7.54. The molecule has 1 fully saturated rings. The average molecular weight is 433 g/mol. The number of halogens is 1. The van der Waals surface area contributed by atoms with Crippen LogP contribution in [0, 0.1) is 0 Å². The fourth-order valence-corrected chi connectivity index (χ4v) is 3.43. The van der Waals surface area contributed by atoms with Crippen molar-refractivity contribution in [3.63, 3.8) is 0 Å². The highest BCUT2D eigenvalue weighted by Gasteiger charge is 2.32. The standard InChI is InChI=1S/C22H25ClN2O5/c1-15(23)14-30-20-12-16(8-9-18(20)28-2)13-25(22(27)19-7-5-11-29-19)17-6-3-4-10-24-21(17)26/h5,7-9,11-12,17H,1,3-4,6,10,13-14H2,2H3,(H,24,26)/t17-/m0/s1. The molecule has 7 nitrogen and oxygen atoms in total. The number of nitrogens with one attached hydrogen (secondary N) is 1. The van der Waals surface area contributed by atoms with Crippen molar-refractivity contribution in [1.82, 2.24) is 10.2 Å². The molecule has 1 aliphatic heterocycles. The average Bonchev–Trinajstić information content (AvgIpc) is 3.19. The Labute approximate surface area is 180 Å². The van der Waals surface area contributed by atoms with Gasteiger partial charge in [-0.2, -0.15) is 0 Å². The van der Waals surface area contributed by atoms with Gasteiger partial charge in [0.1, 0.15) is 12.6 Å². The molecule has 2 heterocycles. The summed E-state index contributed by atoms with van der Waals surface area (Å²) in [5.74, 6) is 0.709. The number of hydrogen-bond donors (Lipinski definition) is 1. The van der Waals surface area contributed by atoms with E-state index in [9.17, 15) is 9.59 Å². The van der Waals surface area contributed by atoms with Crippen LogP contribution in [0.5, 0.6) is 11.5 Å². The van der Waals surface area contributed by atoms with Crippen LogP contribution in [0.2, 0.25) is 0 Å². The molecular weight excluding hydrogens is 408 g/mol. The lowest BCUT2D eigenvalue weighted by molar-refractivity contribution is -0.125. The number of furan rings is 1. The summed E-state index contributed by atoms with van der Waals surface area (Å²) in [6.45, 7) is 4.57. The highest BCUT2D eigenvalue weighted by Crippen LogP contribution is 2.30. The summed E-state index contributed by atoms with van der Waals surface area (Å²) in [6.07, 6.45) is 3.76. The Morgan fingerprint density at radius 2 is 2.17 bits per heavy atom. The van der Waals surface area contributed by atoms with E-state index in [1.807, 2.05) is 6.07 Å². The molecule has 3 rings (SSSR count). The first kappa shape index (κ1) is 21.8. The van der Waals surface area contributed by atoms with Crippen LogP contribution in [0.15, 0.2) is 52.6 Å². The zero-order chi connectivity index (χ0) is 21.5. The van der Waals surface area contributed by atoms with Gasteiger partial charge in [-0.05, 0) is 49.1 Å². The predicted molar refractivity (Wildman–Crippen MR) is 113 cm³/mol. The van der Waals surface area contributed by atoms with Crippen LogP contribution in [0.3, 0.4) is 0 Å². The quantitative estimate of drug-likeness (QED) is 0.687. The minimum atomic E-state index is -0.584. The van der Waals surface area contributed by atoms with Crippen LogP contribution >= 0.6 is 11.6 Å². The zero-order valence-corrected chi connectivity index (χ0v) is 17.6. The van der Waals surface area contributed by atoms with E-state index in [4.69, 9.17) is 25.5 Å². The predicted octanol–water partition coefficient (Wildman–Crippen LogP) is 3.73. The van der Waals surface area contributed by atoms with Crippen molar-refractivity contribution in [3.8, 4) is 11.5 Å². The highest BCUT2D eigenvalue weighted by molar-refractivity contribution is 6.29. The Balaban J connectivity index is 1.90. The van der Waals surface area contributed by atoms with Gasteiger partial charge in [0.15, 0.2) is 17.3 Å². The Morgan fingerprint density at radius 1 is 1.33 bits per heavy atom. The van der Waals surface area contributed by atoms with E-state index in [0.717, 1.165) is 18.4 Å². The number of benzene rings is 1. The summed E-state index contributed by atoms with van der Waals surface area (Å²) in [4.78, 5) is 27.4. The molecule has 0 radical (unpaired) electrons. The Morgan fingerprint density at radius 3 is 2.87 bits per heavy atom. The third-order valence-electron chi connectivity index (χ3n) is 4.84.